The summed E-state index contributed by atoms with van der Waals surface area (Å²) in [5, 5.41) is 12.6. The Morgan fingerprint density at radius 3 is 1.24 bits per heavy atom. The minimum atomic E-state index is -3.72. The first-order chi connectivity index (χ1) is 56.7. The van der Waals surface area contributed by atoms with Gasteiger partial charge in [-0.1, -0.05) is 91.8 Å². The third kappa shape index (κ3) is 38.3. The van der Waals surface area contributed by atoms with Crippen LogP contribution in [0.2, 0.25) is 5.15 Å². The lowest BCUT2D eigenvalue weighted by atomic mass is 10.1. The molecular formula is C78H109Cl7N17O16PS. The molecule has 4 aliphatic heterocycles. The number of methoxy groups -OCH3 is 3. The highest BCUT2D eigenvalue weighted by atomic mass is 36.0. The number of hydrogen-bond donors (Lipinski definition) is 8. The van der Waals surface area contributed by atoms with Crippen LogP contribution in [-0.4, -0.2) is 224 Å². The van der Waals surface area contributed by atoms with Crippen LogP contribution in [0.3, 0.4) is 0 Å². The Labute approximate surface area is 734 Å². The second kappa shape index (κ2) is 52.1. The van der Waals surface area contributed by atoms with Gasteiger partial charge < -0.3 is 76.7 Å². The van der Waals surface area contributed by atoms with Crippen molar-refractivity contribution in [3.05, 3.63) is 148 Å². The molecule has 5 aliphatic carbocycles. The molecular weight excluding hydrogens is 1740 g/mol. The minimum absolute atomic E-state index is 0. The van der Waals surface area contributed by atoms with Crippen molar-refractivity contribution < 1.29 is 72.3 Å². The number of alkyl halides is 1. The normalized spacial score (nSPS) is 17.0. The molecule has 2 unspecified atom stereocenters. The van der Waals surface area contributed by atoms with Crippen LogP contribution in [-0.2, 0) is 65.5 Å². The summed E-state index contributed by atoms with van der Waals surface area (Å²) in [4.78, 5) is 123. The molecule has 0 amide bonds. The molecule has 120 heavy (non-hydrogen) atoms. The Balaban J connectivity index is 0.000000298. The maximum atomic E-state index is 12.4. The largest absolute Gasteiger partial charge is 0.469 e. The number of aromatic amines is 1. The van der Waals surface area contributed by atoms with Gasteiger partial charge in [-0.25, -0.2) is 24.8 Å². The van der Waals surface area contributed by atoms with Gasteiger partial charge in [0.1, 0.15) is 17.9 Å². The molecule has 2 aromatic heterocycles. The van der Waals surface area contributed by atoms with E-state index >= 15 is 0 Å². The van der Waals surface area contributed by atoms with E-state index in [1.807, 2.05) is 35.2 Å². The first kappa shape index (κ1) is 102. The number of piperazine rings is 4. The van der Waals surface area contributed by atoms with Crippen molar-refractivity contribution in [3.8, 4) is 0 Å². The molecule has 2 atom stereocenters. The van der Waals surface area contributed by atoms with E-state index in [0.717, 1.165) is 166 Å². The van der Waals surface area contributed by atoms with Crippen molar-refractivity contribution in [1.29, 1.82) is 5.41 Å². The van der Waals surface area contributed by atoms with E-state index in [1.165, 1.54) is 56.9 Å². The number of aromatic nitrogens is 4. The van der Waals surface area contributed by atoms with Gasteiger partial charge >= 0.3 is 37.8 Å². The van der Waals surface area contributed by atoms with Gasteiger partial charge in [-0.2, -0.15) is 13.4 Å². The number of halogens is 7. The number of rotatable bonds is 19. The van der Waals surface area contributed by atoms with Crippen LogP contribution >= 0.6 is 83.5 Å². The second-order valence-electron chi connectivity index (χ2n) is 28.0. The van der Waals surface area contributed by atoms with Gasteiger partial charge in [-0.05, 0) is 146 Å². The maximum Gasteiger partial charge on any atom is 0.339 e. The highest BCUT2D eigenvalue weighted by Crippen LogP contribution is 2.61. The molecule has 0 radical (unpaired) electrons. The molecule has 42 heteroatoms. The van der Waals surface area contributed by atoms with E-state index in [4.69, 9.17) is 63.3 Å². The number of anilines is 8. The topological polar surface area (TPSA) is 462 Å². The monoisotopic (exact) mass is 1850 g/mol. The second-order valence-corrected chi connectivity index (χ2v) is 39.1. The van der Waals surface area contributed by atoms with Gasteiger partial charge in [0.05, 0.1) is 38.4 Å². The average Bonchev–Trinajstić information content (AvgIpc) is 1.72. The third-order valence-corrected chi connectivity index (χ3v) is 19.8. The van der Waals surface area contributed by atoms with Gasteiger partial charge in [-0.15, -0.1) is 11.6 Å². The Hall–Kier alpha value is -8.51. The van der Waals surface area contributed by atoms with Crippen LogP contribution in [0.5, 0.6) is 0 Å². The predicted molar refractivity (Wildman–Crippen MR) is 476 cm³/mol. The van der Waals surface area contributed by atoms with Crippen molar-refractivity contribution >= 4 is 185 Å². The summed E-state index contributed by atoms with van der Waals surface area (Å²) in [6.07, 6.45) is 9.96. The summed E-state index contributed by atoms with van der Waals surface area (Å²) >= 11 is 25.7. The molecule has 6 heterocycles. The van der Waals surface area contributed by atoms with Crippen molar-refractivity contribution in [3.63, 3.8) is 0 Å². The summed E-state index contributed by atoms with van der Waals surface area (Å²) in [5.41, 5.74) is 29.0. The summed E-state index contributed by atoms with van der Waals surface area (Å²) in [7, 11) is 8.68. The van der Waals surface area contributed by atoms with Crippen molar-refractivity contribution in [1.82, 2.24) is 30.2 Å². The number of para-hydroxylation sites is 4. The standard InChI is InChI=1S/C17H20ClN5.C17H21N5O.C17H22N2O3.C10H14N2.C7H9ClO3.C7H10O3.CH5N3.CH2O3.CH4.Cl3OP.Cl2O2S.H2/c18-16-15(14(12-6-7-12)20-17(19)21-16)23-10-8-22(9-11-23)13-4-2-1-3-5-13;18-17-19-14(12-6-7-12)15(16(23)20-17)22-10-8-21(9-11-22)13-4-2-1-3-5-13;1-22-17(21)15(16(20)13-7-8-13)19-11-9-18(10-12-19)14-5-3-2-4-6-14;1-2-4-10(5-3-1)12-8-6-11-7-9-12;1-11-7(10)5(8)6(9)4-2-3-4;1-10-7(9)4-6(8)5-2-3-5;2-1(3)4;2-1-4-3;;2*1-5(2,3)4;/h1-5,12H,6-11H2,(H2,19,20,21);1-5,12H,6-11H2,(H3,18,19,20,23);2-6,13,15H,7-12H2,1H3;1-5,11H,6-9H2;4-5H,2-3H2,1H3;5H,2-4H2,1H3;(H5,2,3,4);1,3H;1H4;;;1H. The van der Waals surface area contributed by atoms with E-state index in [9.17, 15) is 38.1 Å². The molecule has 9 fully saturated rings. The summed E-state index contributed by atoms with van der Waals surface area (Å²) < 4.78 is 41.4. The van der Waals surface area contributed by atoms with Crippen LogP contribution < -0.4 is 63.2 Å². The molecule has 662 valence electrons. The zero-order valence-electron chi connectivity index (χ0n) is 66.1. The maximum absolute atomic E-state index is 12.4. The van der Waals surface area contributed by atoms with Gasteiger partial charge in [0.15, 0.2) is 34.1 Å². The molecule has 0 spiro atoms. The molecule has 4 saturated heterocycles. The predicted octanol–water partition coefficient (Wildman–Crippen LogP) is 11.0. The Kier molecular flexibility index (Phi) is 44.3. The van der Waals surface area contributed by atoms with Gasteiger partial charge in [0.2, 0.25) is 11.9 Å². The smallest absolute Gasteiger partial charge is 0.339 e. The zero-order chi connectivity index (χ0) is 87.4. The fourth-order valence-electron chi connectivity index (χ4n) is 12.6. The molecule has 4 aromatic carbocycles. The first-order valence-electron chi connectivity index (χ1n) is 38.2. The number of carbonyl (C=O) groups excluding carboxylic acids is 7. The molecule has 6 aromatic rings. The summed E-state index contributed by atoms with van der Waals surface area (Å²) in [6.45, 7) is 14.7. The number of carbonyl (C=O) groups is 7. The van der Waals surface area contributed by atoms with E-state index in [1.54, 1.807) is 0 Å². The Morgan fingerprint density at radius 2 is 0.900 bits per heavy atom. The summed E-state index contributed by atoms with van der Waals surface area (Å²) in [6, 6.07) is 41.0. The number of nitrogens with one attached hydrogen (secondary N) is 3. The number of Topliss-reactive ketones (excluding diaryl/α,β-unsaturated/α-hetero) is 3. The SMILES string of the molecule is C.COC(=O)C(C(=O)C1CC1)N1CCN(c2ccccc2)CC1.COC(=O)C(Cl)C(=O)C1CC1.COC(=O)CC(=O)C1CC1.N=C(N)N.Nc1nc(C2CC2)c(N2CCN(c3ccccc3)CC2)c(=O)[nH]1.Nc1nc(Cl)c(N2CCN(c3ccccc3)CC2)c(C2CC2)n1.O=COO.O=P(Cl)(Cl)Cl.O=S(=O)(Cl)Cl.[HH].c1ccc(N2CCNCC2)cc1. The lowest BCUT2D eigenvalue weighted by molar-refractivity contribution is -0.217. The first-order valence-corrected chi connectivity index (χ1v) is 46.5. The van der Waals surface area contributed by atoms with Crippen LogP contribution in [0.4, 0.5) is 46.0 Å². The molecule has 15 rings (SSSR count). The highest BCUT2D eigenvalue weighted by molar-refractivity contribution is 8.31. The number of H-pyrrole nitrogens is 1. The van der Waals surface area contributed by atoms with E-state index < -0.39 is 42.8 Å². The fourth-order valence-corrected chi connectivity index (χ4v) is 13.2. The van der Waals surface area contributed by atoms with Crippen LogP contribution in [0.1, 0.15) is 103 Å². The fraction of sp³-hybridized carbons (Fsp3) is 0.487. The number of hydrogen-bond acceptors (Lipinski definition) is 30. The van der Waals surface area contributed by atoms with E-state index in [-0.39, 0.29) is 80.3 Å². The number of ketones is 3. The lowest BCUT2D eigenvalue weighted by Crippen LogP contribution is -2.56. The minimum Gasteiger partial charge on any atom is -0.469 e. The average molecular weight is 1850 g/mol. The van der Waals surface area contributed by atoms with Gasteiger partial charge in [0, 0.05) is 180 Å². The number of nitrogen functional groups attached to an aromatic ring is 2. The molecule has 5 saturated carbocycles. The van der Waals surface area contributed by atoms with Crippen molar-refractivity contribution in [2.45, 2.75) is 101 Å². The van der Waals surface area contributed by atoms with E-state index in [2.05, 4.69) is 227 Å². The van der Waals surface area contributed by atoms with Crippen molar-refractivity contribution in [2.75, 3.05) is 167 Å². The van der Waals surface area contributed by atoms with E-state index in [0.29, 0.717) is 30.1 Å². The van der Waals surface area contributed by atoms with Gasteiger partial charge in [-0.3, -0.25) is 48.6 Å². The molecule has 12 N–H and O–H groups in total. The van der Waals surface area contributed by atoms with Crippen LogP contribution in [0.25, 0.3) is 0 Å². The number of benzene rings is 4. The highest BCUT2D eigenvalue weighted by Gasteiger charge is 2.44. The molecule has 9 aliphatic rings. The number of nitrogens with two attached hydrogens (primary N) is 4. The lowest BCUT2D eigenvalue weighted by Gasteiger charge is -2.38. The van der Waals surface area contributed by atoms with Crippen molar-refractivity contribution in [2.24, 2.45) is 29.2 Å². The third-order valence-electron chi connectivity index (χ3n) is 19.2. The van der Waals surface area contributed by atoms with Crippen LogP contribution in [0, 0.1) is 23.2 Å². The Morgan fingerprint density at radius 1 is 0.567 bits per heavy atom. The van der Waals surface area contributed by atoms with Crippen LogP contribution in [0.15, 0.2) is 126 Å². The molecule has 33 nitrogen and oxygen atoms in total. The Bertz CT molecular complexity index is 4420. The van der Waals surface area contributed by atoms with Gasteiger partial charge in [0.25, 0.3) is 5.56 Å². The number of ether oxygens (including phenoxy) is 3. The zero-order valence-corrected chi connectivity index (χ0v) is 73.1. The number of esters is 3. The quantitative estimate of drug-likeness (QED) is 0.00303. The number of guanidine groups is 1. The number of nitrogens with zero attached hydrogens (tertiary/aromatic N) is 10. The summed E-state index contributed by atoms with van der Waals surface area (Å²) in [5.74, 6) is -0.281. The molecule has 0 bridgehead atoms.